The van der Waals surface area contributed by atoms with Gasteiger partial charge in [0.05, 0.1) is 12.8 Å². The summed E-state index contributed by atoms with van der Waals surface area (Å²) in [6.45, 7) is -0.207. The van der Waals surface area contributed by atoms with Gasteiger partial charge in [0.25, 0.3) is 11.5 Å². The van der Waals surface area contributed by atoms with Crippen LogP contribution in [-0.4, -0.2) is 30.1 Å². The minimum Gasteiger partial charge on any atom is -0.331 e. The molecule has 0 bridgehead atoms. The Morgan fingerprint density at radius 2 is 1.91 bits per heavy atom. The third kappa shape index (κ3) is 4.52. The lowest BCUT2D eigenvalue weighted by molar-refractivity contribution is 0.0974. The number of aromatic amines is 1. The van der Waals surface area contributed by atoms with Gasteiger partial charge in [0.1, 0.15) is 11.5 Å². The van der Waals surface area contributed by atoms with Crippen molar-refractivity contribution in [3.05, 3.63) is 92.2 Å². The van der Waals surface area contributed by atoms with Gasteiger partial charge in [0.15, 0.2) is 0 Å². The second-order valence-corrected chi connectivity index (χ2v) is 9.88. The van der Waals surface area contributed by atoms with Crippen LogP contribution in [0.2, 0.25) is 10.0 Å². The summed E-state index contributed by atoms with van der Waals surface area (Å²) >= 11 is 12.4. The Kier molecular flexibility index (Phi) is 6.04. The molecule has 4 rings (SSSR count). The van der Waals surface area contributed by atoms with E-state index in [1.807, 2.05) is 4.72 Å². The Balaban J connectivity index is 2.12. The van der Waals surface area contributed by atoms with E-state index in [9.17, 15) is 22.4 Å². The van der Waals surface area contributed by atoms with Crippen molar-refractivity contribution in [2.24, 2.45) is 0 Å². The van der Waals surface area contributed by atoms with Crippen molar-refractivity contribution in [2.45, 2.75) is 6.54 Å². The van der Waals surface area contributed by atoms with E-state index in [1.54, 1.807) is 24.3 Å². The summed E-state index contributed by atoms with van der Waals surface area (Å²) in [5, 5.41) is 0.858. The Morgan fingerprint density at radius 1 is 1.15 bits per heavy atom. The van der Waals surface area contributed by atoms with Crippen LogP contribution in [0.15, 0.2) is 59.5 Å². The number of H-pyrrole nitrogens is 1. The number of sulfonamides is 1. The summed E-state index contributed by atoms with van der Waals surface area (Å²) < 4.78 is 41.7. The maximum atomic E-state index is 14.6. The molecule has 1 amide bonds. The van der Waals surface area contributed by atoms with Gasteiger partial charge in [-0.05, 0) is 42.5 Å². The van der Waals surface area contributed by atoms with Crippen LogP contribution in [0.4, 0.5) is 4.39 Å². The van der Waals surface area contributed by atoms with Crippen molar-refractivity contribution >= 4 is 50.0 Å². The van der Waals surface area contributed by atoms with Gasteiger partial charge in [-0.15, -0.1) is 0 Å². The fourth-order valence-corrected chi connectivity index (χ4v) is 4.50. The normalized spacial score (nSPS) is 11.6. The molecule has 0 saturated carbocycles. The van der Waals surface area contributed by atoms with Crippen molar-refractivity contribution in [3.8, 4) is 11.1 Å². The number of benzene rings is 2. The molecule has 2 N–H and O–H groups in total. The summed E-state index contributed by atoms with van der Waals surface area (Å²) in [6, 6.07) is 12.0. The highest BCUT2D eigenvalue weighted by Gasteiger charge is 2.28. The molecule has 170 valence electrons. The van der Waals surface area contributed by atoms with Crippen LogP contribution < -0.4 is 10.3 Å². The van der Waals surface area contributed by atoms with E-state index in [1.165, 1.54) is 35.0 Å². The van der Waals surface area contributed by atoms with E-state index >= 15 is 0 Å². The standard InChI is InChI=1S/C22H16Cl2FN3O4S/c1-33(31,32)27-22(30)20-19(13-4-3-9-26-21(13)29)14-10-12(23)7-8-18(14)28(20)11-15-16(24)5-2-6-17(15)25/h2-10H,11H2,1H3,(H,26,29)(H,27,30). The molecule has 4 aromatic rings. The van der Waals surface area contributed by atoms with Crippen molar-refractivity contribution < 1.29 is 17.6 Å². The largest absolute Gasteiger partial charge is 0.331 e. The highest BCUT2D eigenvalue weighted by Crippen LogP contribution is 2.36. The second kappa shape index (κ2) is 8.66. The molecule has 33 heavy (non-hydrogen) atoms. The zero-order valence-electron chi connectivity index (χ0n) is 17.0. The number of pyridine rings is 1. The Hall–Kier alpha value is -3.14. The number of carbonyl (C=O) groups excluding carboxylic acids is 1. The van der Waals surface area contributed by atoms with Gasteiger partial charge in [-0.2, -0.15) is 0 Å². The number of nitrogens with zero attached hydrogens (tertiary/aromatic N) is 1. The smallest absolute Gasteiger partial charge is 0.282 e. The predicted octanol–water partition coefficient (Wildman–Crippen LogP) is 4.18. The van der Waals surface area contributed by atoms with Crippen LogP contribution in [0.5, 0.6) is 0 Å². The molecule has 2 aromatic heterocycles. The van der Waals surface area contributed by atoms with Gasteiger partial charge in [0, 0.05) is 43.8 Å². The quantitative estimate of drug-likeness (QED) is 0.423. The van der Waals surface area contributed by atoms with Gasteiger partial charge < -0.3 is 9.55 Å². The number of carbonyl (C=O) groups is 1. The van der Waals surface area contributed by atoms with Crippen LogP contribution in [0.3, 0.4) is 0 Å². The van der Waals surface area contributed by atoms with E-state index in [2.05, 4.69) is 4.98 Å². The highest BCUT2D eigenvalue weighted by atomic mass is 35.5. The summed E-state index contributed by atoms with van der Waals surface area (Å²) in [7, 11) is -3.96. The molecule has 0 radical (unpaired) electrons. The number of hydrogen-bond acceptors (Lipinski definition) is 4. The molecule has 11 heteroatoms. The molecule has 0 atom stereocenters. The van der Waals surface area contributed by atoms with Crippen LogP contribution in [-0.2, 0) is 16.6 Å². The average Bonchev–Trinajstić information content (AvgIpc) is 3.03. The van der Waals surface area contributed by atoms with Crippen molar-refractivity contribution in [3.63, 3.8) is 0 Å². The van der Waals surface area contributed by atoms with E-state index in [0.29, 0.717) is 15.9 Å². The van der Waals surface area contributed by atoms with Crippen LogP contribution >= 0.6 is 23.2 Å². The SMILES string of the molecule is CS(=O)(=O)NC(=O)c1c(-c2ccc[nH]c2=O)c2cc(Cl)ccc2n1Cc1c(F)cccc1Cl. The number of fused-ring (bicyclic) bond motifs is 1. The molecule has 7 nitrogen and oxygen atoms in total. The number of amides is 1. The fourth-order valence-electron chi connectivity index (χ4n) is 3.68. The molecule has 2 heterocycles. The first kappa shape index (κ1) is 23.0. The topological polar surface area (TPSA) is 101 Å². The average molecular weight is 508 g/mol. The van der Waals surface area contributed by atoms with E-state index < -0.39 is 27.3 Å². The lowest BCUT2D eigenvalue weighted by atomic mass is 10.0. The predicted molar refractivity (Wildman–Crippen MR) is 126 cm³/mol. The summed E-state index contributed by atoms with van der Waals surface area (Å²) in [5.41, 5.74) is 0.121. The molecule has 0 aliphatic rings. The molecule has 0 unspecified atom stereocenters. The number of nitrogens with one attached hydrogen (secondary N) is 2. The minimum absolute atomic E-state index is 0.0907. The zero-order chi connectivity index (χ0) is 23.9. The van der Waals surface area contributed by atoms with Gasteiger partial charge in [-0.1, -0.05) is 29.3 Å². The molecule has 2 aromatic carbocycles. The Morgan fingerprint density at radius 3 is 2.58 bits per heavy atom. The first-order valence-corrected chi connectivity index (χ1v) is 12.2. The number of hydrogen-bond donors (Lipinski definition) is 2. The third-order valence-electron chi connectivity index (χ3n) is 4.98. The highest BCUT2D eigenvalue weighted by molar-refractivity contribution is 7.89. The van der Waals surface area contributed by atoms with Crippen molar-refractivity contribution in [1.82, 2.24) is 14.3 Å². The second-order valence-electron chi connectivity index (χ2n) is 7.29. The third-order valence-corrected chi connectivity index (χ3v) is 6.13. The van der Waals surface area contributed by atoms with Gasteiger partial charge in [-0.3, -0.25) is 9.59 Å². The molecular weight excluding hydrogens is 492 g/mol. The molecule has 0 aliphatic carbocycles. The lowest BCUT2D eigenvalue weighted by Crippen LogP contribution is -2.32. The zero-order valence-corrected chi connectivity index (χ0v) is 19.4. The van der Waals surface area contributed by atoms with Crippen molar-refractivity contribution in [1.29, 1.82) is 0 Å². The number of aromatic nitrogens is 2. The maximum absolute atomic E-state index is 14.6. The number of halogens is 3. The first-order valence-electron chi connectivity index (χ1n) is 9.51. The molecular formula is C22H16Cl2FN3O4S. The van der Waals surface area contributed by atoms with Gasteiger partial charge >= 0.3 is 0 Å². The first-order chi connectivity index (χ1) is 15.6. The van der Waals surface area contributed by atoms with Crippen LogP contribution in [0, 0.1) is 5.82 Å². The Bertz CT molecular complexity index is 1560. The molecule has 0 spiro atoms. The lowest BCUT2D eigenvalue weighted by Gasteiger charge is -2.14. The molecule has 0 fully saturated rings. The van der Waals surface area contributed by atoms with Gasteiger partial charge in [-0.25, -0.2) is 17.5 Å². The summed E-state index contributed by atoms with van der Waals surface area (Å²) in [4.78, 5) is 28.4. The van der Waals surface area contributed by atoms with Crippen molar-refractivity contribution in [2.75, 3.05) is 6.26 Å². The monoisotopic (exact) mass is 507 g/mol. The number of rotatable bonds is 5. The van der Waals surface area contributed by atoms with Crippen LogP contribution in [0.25, 0.3) is 22.0 Å². The van der Waals surface area contributed by atoms with E-state index in [0.717, 1.165) is 6.26 Å². The summed E-state index contributed by atoms with van der Waals surface area (Å²) in [6.07, 6.45) is 2.25. The summed E-state index contributed by atoms with van der Waals surface area (Å²) in [5.74, 6) is -1.59. The maximum Gasteiger partial charge on any atom is 0.282 e. The van der Waals surface area contributed by atoms with E-state index in [-0.39, 0.29) is 34.0 Å². The Labute approximate surface area is 197 Å². The minimum atomic E-state index is -3.96. The van der Waals surface area contributed by atoms with E-state index in [4.69, 9.17) is 23.2 Å². The van der Waals surface area contributed by atoms with Gasteiger partial charge in [0.2, 0.25) is 10.0 Å². The fraction of sp³-hybridized carbons (Fsp3) is 0.0909. The van der Waals surface area contributed by atoms with Crippen LogP contribution in [0.1, 0.15) is 16.1 Å². The molecule has 0 aliphatic heterocycles. The molecule has 0 saturated heterocycles.